The minimum Gasteiger partial charge on any atom is -0.398 e. The van der Waals surface area contributed by atoms with Gasteiger partial charge >= 0.3 is 6.18 Å². The van der Waals surface area contributed by atoms with Gasteiger partial charge in [0.05, 0.1) is 5.56 Å². The topological polar surface area (TPSA) is 26.0 Å². The van der Waals surface area contributed by atoms with Gasteiger partial charge in [-0.1, -0.05) is 85.5 Å². The number of nitrogens with two attached hydrogens (primary N) is 1. The second-order valence-corrected chi connectivity index (χ2v) is 7.59. The maximum atomic E-state index is 12.0. The van der Waals surface area contributed by atoms with Crippen molar-refractivity contribution in [1.29, 1.82) is 0 Å². The van der Waals surface area contributed by atoms with Gasteiger partial charge in [-0.3, -0.25) is 0 Å². The zero-order valence-corrected chi connectivity index (χ0v) is 20.3. The summed E-state index contributed by atoms with van der Waals surface area (Å²) in [6.45, 7) is 9.68. The standard InChI is InChI=1S/C14H17NS.C8H7F3.C5H10/c1-3-4-5-9-13(15)11-16-14-10-7-6-8-12(14)2;1-6-4-2-3-5-7(6)8(9,10)11;1-3-5-4-2/h3-11H,15H2,1-2H3;2-5H,1H3;3,5H,4H2,1-2H3/b4-3-,9-5-,13-11-;;5-3-. The molecule has 2 N–H and O–H groups in total. The van der Waals surface area contributed by atoms with Crippen molar-refractivity contribution in [2.75, 3.05) is 0 Å². The fourth-order valence-corrected chi connectivity index (χ4v) is 3.02. The van der Waals surface area contributed by atoms with Crippen molar-refractivity contribution < 1.29 is 13.2 Å². The van der Waals surface area contributed by atoms with E-state index in [1.807, 2.05) is 55.7 Å². The van der Waals surface area contributed by atoms with Gasteiger partial charge in [-0.25, -0.2) is 0 Å². The Morgan fingerprint density at radius 3 is 1.94 bits per heavy atom. The van der Waals surface area contributed by atoms with E-state index in [9.17, 15) is 13.2 Å². The Hall–Kier alpha value is -2.66. The Morgan fingerprint density at radius 1 is 0.906 bits per heavy atom. The molecule has 0 spiro atoms. The number of thioether (sulfide) groups is 1. The molecule has 1 nitrogen and oxygen atoms in total. The van der Waals surface area contributed by atoms with Gasteiger partial charge in [0.2, 0.25) is 0 Å². The molecule has 5 heteroatoms. The van der Waals surface area contributed by atoms with Crippen molar-refractivity contribution in [2.45, 2.75) is 52.1 Å². The summed E-state index contributed by atoms with van der Waals surface area (Å²) < 4.78 is 36.1. The van der Waals surface area contributed by atoms with Gasteiger partial charge in [0.15, 0.2) is 0 Å². The third-order valence-electron chi connectivity index (χ3n) is 3.93. The molecule has 2 aromatic rings. The minimum absolute atomic E-state index is 0.264. The van der Waals surface area contributed by atoms with Crippen LogP contribution in [-0.4, -0.2) is 0 Å². The van der Waals surface area contributed by atoms with Gasteiger partial charge in [-0.2, -0.15) is 13.2 Å². The van der Waals surface area contributed by atoms with Crippen LogP contribution >= 0.6 is 11.8 Å². The summed E-state index contributed by atoms with van der Waals surface area (Å²) in [5.74, 6) is 0. The molecular weight excluding hydrogens is 427 g/mol. The highest BCUT2D eigenvalue weighted by molar-refractivity contribution is 8.02. The Labute approximate surface area is 195 Å². The van der Waals surface area contributed by atoms with E-state index in [1.54, 1.807) is 17.8 Å². The number of aryl methyl sites for hydroxylation is 2. The SMILES string of the molecule is C/C=C\CC.C\C=C/C=C\C(N)=C\Sc1ccccc1C.Cc1ccccc1C(F)(F)F. The lowest BCUT2D eigenvalue weighted by Gasteiger charge is -2.08. The molecule has 0 bridgehead atoms. The van der Waals surface area contributed by atoms with E-state index >= 15 is 0 Å². The average molecular weight is 462 g/mol. The van der Waals surface area contributed by atoms with E-state index in [4.69, 9.17) is 5.73 Å². The van der Waals surface area contributed by atoms with Crippen LogP contribution in [-0.2, 0) is 6.18 Å². The van der Waals surface area contributed by atoms with Gasteiger partial charge < -0.3 is 5.73 Å². The number of allylic oxidation sites excluding steroid dienone is 6. The van der Waals surface area contributed by atoms with Crippen LogP contribution < -0.4 is 5.73 Å². The summed E-state index contributed by atoms with van der Waals surface area (Å²) in [6.07, 6.45) is 8.88. The summed E-state index contributed by atoms with van der Waals surface area (Å²) >= 11 is 1.65. The number of halogens is 3. The quantitative estimate of drug-likeness (QED) is 0.273. The second kappa shape index (κ2) is 17.0. The number of hydrogen-bond acceptors (Lipinski definition) is 2. The minimum atomic E-state index is -4.22. The molecule has 0 saturated heterocycles. The highest BCUT2D eigenvalue weighted by Crippen LogP contribution is 2.31. The molecule has 174 valence electrons. The van der Waals surface area contributed by atoms with Crippen LogP contribution in [0.15, 0.2) is 101 Å². The lowest BCUT2D eigenvalue weighted by atomic mass is 10.1. The maximum absolute atomic E-state index is 12.0. The van der Waals surface area contributed by atoms with Gasteiger partial charge in [0.1, 0.15) is 0 Å². The van der Waals surface area contributed by atoms with Crippen LogP contribution in [0.4, 0.5) is 13.2 Å². The molecule has 0 amide bonds. The molecule has 0 aliphatic heterocycles. The van der Waals surface area contributed by atoms with Gasteiger partial charge in [0, 0.05) is 10.6 Å². The molecular formula is C27H34F3NS. The Morgan fingerprint density at radius 2 is 1.50 bits per heavy atom. The molecule has 2 aromatic carbocycles. The highest BCUT2D eigenvalue weighted by Gasteiger charge is 2.31. The van der Waals surface area contributed by atoms with Crippen LogP contribution in [0.2, 0.25) is 0 Å². The van der Waals surface area contributed by atoms with E-state index < -0.39 is 11.7 Å². The fourth-order valence-electron chi connectivity index (χ4n) is 2.26. The number of benzene rings is 2. The lowest BCUT2D eigenvalue weighted by molar-refractivity contribution is -0.138. The fraction of sp³-hybridized carbons (Fsp3) is 0.259. The van der Waals surface area contributed by atoms with Crippen LogP contribution in [0.1, 0.15) is 43.9 Å². The Kier molecular flexibility index (Phi) is 15.6. The molecule has 0 radical (unpaired) electrons. The maximum Gasteiger partial charge on any atom is 0.416 e. The van der Waals surface area contributed by atoms with Crippen molar-refractivity contribution >= 4 is 11.8 Å². The Bertz CT molecular complexity index is 894. The van der Waals surface area contributed by atoms with Crippen LogP contribution in [0, 0.1) is 13.8 Å². The normalized spacial score (nSPS) is 11.9. The predicted molar refractivity (Wildman–Crippen MR) is 135 cm³/mol. The van der Waals surface area contributed by atoms with Crippen LogP contribution in [0.3, 0.4) is 0 Å². The molecule has 32 heavy (non-hydrogen) atoms. The first-order valence-corrected chi connectivity index (χ1v) is 11.3. The van der Waals surface area contributed by atoms with Crippen molar-refractivity contribution in [1.82, 2.24) is 0 Å². The smallest absolute Gasteiger partial charge is 0.398 e. The highest BCUT2D eigenvalue weighted by atomic mass is 32.2. The van der Waals surface area contributed by atoms with Crippen molar-refractivity contribution in [2.24, 2.45) is 5.73 Å². The van der Waals surface area contributed by atoms with Gasteiger partial charge in [-0.15, -0.1) is 0 Å². The zero-order chi connectivity index (χ0) is 24.4. The summed E-state index contributed by atoms with van der Waals surface area (Å²) in [5, 5.41) is 1.96. The number of hydrogen-bond donors (Lipinski definition) is 1. The summed E-state index contributed by atoms with van der Waals surface area (Å²) in [5.41, 5.74) is 7.58. The molecule has 0 fully saturated rings. The average Bonchev–Trinajstić information content (AvgIpc) is 2.74. The van der Waals surface area contributed by atoms with Gasteiger partial charge in [-0.05, 0) is 68.9 Å². The predicted octanol–water partition coefficient (Wildman–Crippen LogP) is 9.01. The van der Waals surface area contributed by atoms with Crippen molar-refractivity contribution in [3.63, 3.8) is 0 Å². The first kappa shape index (κ1) is 29.3. The largest absolute Gasteiger partial charge is 0.416 e. The summed E-state index contributed by atoms with van der Waals surface area (Å²) in [6, 6.07) is 13.8. The van der Waals surface area contributed by atoms with E-state index in [0.717, 1.165) is 18.2 Å². The first-order valence-electron chi connectivity index (χ1n) is 10.4. The number of rotatable bonds is 5. The molecule has 0 aliphatic rings. The van der Waals surface area contributed by atoms with Crippen molar-refractivity contribution in [3.8, 4) is 0 Å². The molecule has 0 unspecified atom stereocenters. The second-order valence-electron chi connectivity index (χ2n) is 6.68. The molecule has 2 rings (SSSR count). The monoisotopic (exact) mass is 461 g/mol. The van der Waals surface area contributed by atoms with E-state index in [2.05, 4.69) is 38.1 Å². The van der Waals surface area contributed by atoms with Crippen molar-refractivity contribution in [3.05, 3.63) is 113 Å². The van der Waals surface area contributed by atoms with E-state index in [1.165, 1.54) is 29.5 Å². The third-order valence-corrected chi connectivity index (χ3v) is 5.03. The van der Waals surface area contributed by atoms with E-state index in [0.29, 0.717) is 0 Å². The van der Waals surface area contributed by atoms with Crippen LogP contribution in [0.25, 0.3) is 0 Å². The van der Waals surface area contributed by atoms with Gasteiger partial charge in [0.25, 0.3) is 0 Å². The summed E-state index contributed by atoms with van der Waals surface area (Å²) in [7, 11) is 0. The Balaban J connectivity index is 0.000000518. The molecule has 0 aliphatic carbocycles. The molecule has 0 heterocycles. The zero-order valence-electron chi connectivity index (χ0n) is 19.5. The number of alkyl halides is 3. The van der Waals surface area contributed by atoms with Crippen LogP contribution in [0.5, 0.6) is 0 Å². The van der Waals surface area contributed by atoms with E-state index in [-0.39, 0.29) is 5.56 Å². The third kappa shape index (κ3) is 13.6. The lowest BCUT2D eigenvalue weighted by Crippen LogP contribution is -2.06. The molecule has 0 saturated carbocycles. The summed E-state index contributed by atoms with van der Waals surface area (Å²) in [4.78, 5) is 1.24. The molecule has 0 aromatic heterocycles. The molecule has 0 atom stereocenters. The first-order chi connectivity index (χ1) is 15.2.